The third-order valence-corrected chi connectivity index (χ3v) is 8.79. The van der Waals surface area contributed by atoms with Gasteiger partial charge in [0.2, 0.25) is 17.5 Å². The molecule has 0 unspecified atom stereocenters. The van der Waals surface area contributed by atoms with Gasteiger partial charge in [-0.1, -0.05) is 31.9 Å². The fraction of sp³-hybridized carbons (Fsp3) is 0. The maximum absolute atomic E-state index is 8.63. The molecule has 0 heterocycles. The molecule has 2 rings (SSSR count). The predicted octanol–water partition coefficient (Wildman–Crippen LogP) is 1.87. The highest BCUT2D eigenvalue weighted by molar-refractivity contribution is 9.11. The van der Waals surface area contributed by atoms with E-state index in [9.17, 15) is 0 Å². The standard InChI is InChI=1S/C12H6Br4I.H2O4S/c13-7-1-3-11(9(15)5-7)17-12-4-2-8(14)6-10(12)16;1-5(2,3)4/h1-6H;(H2,1,2,3,4)/q+1;/p-1. The van der Waals surface area contributed by atoms with Gasteiger partial charge in [-0.05, 0) is 68.3 Å². The first-order valence-electron chi connectivity index (χ1n) is 5.29. The number of benzene rings is 2. The molecule has 10 heteroatoms. The molecule has 22 heavy (non-hydrogen) atoms. The van der Waals surface area contributed by atoms with Crippen LogP contribution in [0.5, 0.6) is 0 Å². The molecule has 0 radical (unpaired) electrons. The average Bonchev–Trinajstić information content (AvgIpc) is 2.33. The molecule has 0 spiro atoms. The normalized spacial score (nSPS) is 10.8. The predicted molar refractivity (Wildman–Crippen MR) is 93.4 cm³/mol. The van der Waals surface area contributed by atoms with Crippen molar-refractivity contribution in [3.63, 3.8) is 0 Å². The Morgan fingerprint density at radius 1 is 0.864 bits per heavy atom. The molecule has 0 saturated heterocycles. The summed E-state index contributed by atoms with van der Waals surface area (Å²) in [6.45, 7) is 0. The van der Waals surface area contributed by atoms with Crippen molar-refractivity contribution in [3.8, 4) is 0 Å². The van der Waals surface area contributed by atoms with Crippen LogP contribution in [-0.2, 0) is 10.4 Å². The topological polar surface area (TPSA) is 77.4 Å². The molecule has 0 aliphatic rings. The van der Waals surface area contributed by atoms with E-state index in [-0.39, 0.29) is 21.2 Å². The van der Waals surface area contributed by atoms with Gasteiger partial charge in [-0.25, -0.2) is 8.42 Å². The number of rotatable bonds is 2. The molecule has 4 nitrogen and oxygen atoms in total. The van der Waals surface area contributed by atoms with E-state index >= 15 is 0 Å². The molecule has 2 aromatic carbocycles. The van der Waals surface area contributed by atoms with Gasteiger partial charge in [-0.2, -0.15) is 0 Å². The Morgan fingerprint density at radius 3 is 1.45 bits per heavy atom. The zero-order valence-corrected chi connectivity index (χ0v) is 19.8. The molecule has 120 valence electrons. The zero-order chi connectivity index (χ0) is 16.9. The third kappa shape index (κ3) is 8.71. The van der Waals surface area contributed by atoms with Crippen molar-refractivity contribution in [1.29, 1.82) is 0 Å². The van der Waals surface area contributed by atoms with Crippen LogP contribution >= 0.6 is 63.7 Å². The largest absolute Gasteiger partial charge is 0.726 e. The number of hydrogen-bond acceptors (Lipinski definition) is 3. The van der Waals surface area contributed by atoms with E-state index < -0.39 is 10.4 Å². The van der Waals surface area contributed by atoms with Crippen LogP contribution in [0.2, 0.25) is 0 Å². The van der Waals surface area contributed by atoms with Crippen molar-refractivity contribution in [2.75, 3.05) is 0 Å². The highest BCUT2D eigenvalue weighted by Gasteiger charge is 2.22. The minimum absolute atomic E-state index is 0.176. The first-order valence-corrected chi connectivity index (χ1v) is 12.0. The second-order valence-electron chi connectivity index (χ2n) is 3.64. The lowest BCUT2D eigenvalue weighted by atomic mass is 10.4. The van der Waals surface area contributed by atoms with E-state index in [0.717, 1.165) is 8.95 Å². The molecule has 2 aromatic rings. The SMILES string of the molecule is Brc1ccc([I+]c2ccc(Br)cc2Br)c(Br)c1.O=S(=O)([O-])O. The highest BCUT2D eigenvalue weighted by Crippen LogP contribution is 2.18. The number of hydrogen-bond donors (Lipinski definition) is 1. The second-order valence-corrected chi connectivity index (χ2v) is 10.9. The van der Waals surface area contributed by atoms with Gasteiger partial charge in [-0.3, -0.25) is 4.55 Å². The Morgan fingerprint density at radius 2 is 1.18 bits per heavy atom. The van der Waals surface area contributed by atoms with Gasteiger partial charge in [0.25, 0.3) is 0 Å². The molecule has 0 bridgehead atoms. The minimum atomic E-state index is -4.92. The third-order valence-electron chi connectivity index (χ3n) is 1.97. The van der Waals surface area contributed by atoms with Crippen LogP contribution < -0.4 is 21.2 Å². The van der Waals surface area contributed by atoms with E-state index in [1.165, 1.54) is 16.1 Å². The van der Waals surface area contributed by atoms with E-state index in [2.05, 4.69) is 100 Å². The van der Waals surface area contributed by atoms with Crippen molar-refractivity contribution in [3.05, 3.63) is 61.4 Å². The highest BCUT2D eigenvalue weighted by atomic mass is 127. The molecule has 0 amide bonds. The van der Waals surface area contributed by atoms with Crippen LogP contribution in [0.1, 0.15) is 0 Å². The van der Waals surface area contributed by atoms with E-state index in [4.69, 9.17) is 17.5 Å². The van der Waals surface area contributed by atoms with Gasteiger partial charge in [0, 0.05) is 8.95 Å². The Labute approximate surface area is 172 Å². The smallest absolute Gasteiger partial charge is 0.360 e. The maximum Gasteiger partial charge on any atom is 0.360 e. The van der Waals surface area contributed by atoms with Gasteiger partial charge in [0.1, 0.15) is 0 Å². The lowest BCUT2D eigenvalue weighted by Gasteiger charge is -1.95. The van der Waals surface area contributed by atoms with Crippen LogP contribution in [0.15, 0.2) is 54.3 Å². The van der Waals surface area contributed by atoms with E-state index in [1.54, 1.807) is 0 Å². The maximum atomic E-state index is 8.63. The Bertz CT molecular complexity index is 710. The van der Waals surface area contributed by atoms with Crippen LogP contribution in [0.4, 0.5) is 0 Å². The summed E-state index contributed by atoms with van der Waals surface area (Å²) in [7, 11) is -4.92. The van der Waals surface area contributed by atoms with Gasteiger partial charge in [0.05, 0.1) is 8.95 Å². The summed E-state index contributed by atoms with van der Waals surface area (Å²) in [6, 6.07) is 12.7. The first kappa shape index (κ1) is 21.0. The Hall–Kier alpha value is 0.960. The van der Waals surface area contributed by atoms with Crippen molar-refractivity contribution in [1.82, 2.24) is 0 Å². The average molecular weight is 694 g/mol. The minimum Gasteiger partial charge on any atom is -0.726 e. The molecular weight excluding hydrogens is 687 g/mol. The molecule has 0 atom stereocenters. The summed E-state index contributed by atoms with van der Waals surface area (Å²) in [5, 5.41) is 0. The fourth-order valence-electron chi connectivity index (χ4n) is 1.20. The lowest BCUT2D eigenvalue weighted by molar-refractivity contribution is -0.599. The molecule has 0 fully saturated rings. The summed E-state index contributed by atoms with van der Waals surface area (Å²) in [4.78, 5) is 0. The zero-order valence-electron chi connectivity index (χ0n) is 10.4. The summed E-state index contributed by atoms with van der Waals surface area (Å²) in [5.74, 6) is 0. The van der Waals surface area contributed by atoms with Crippen molar-refractivity contribution in [2.24, 2.45) is 0 Å². The summed E-state index contributed by atoms with van der Waals surface area (Å²) in [6.07, 6.45) is 0. The number of halogens is 5. The van der Waals surface area contributed by atoms with Crippen molar-refractivity contribution >= 4 is 74.1 Å². The van der Waals surface area contributed by atoms with Crippen LogP contribution in [0.3, 0.4) is 0 Å². The molecule has 0 aliphatic heterocycles. The summed E-state index contributed by atoms with van der Waals surface area (Å²) >= 11 is 14.0. The van der Waals surface area contributed by atoms with E-state index in [1.807, 2.05) is 0 Å². The van der Waals surface area contributed by atoms with Gasteiger partial charge >= 0.3 is 21.2 Å². The summed E-state index contributed by atoms with van der Waals surface area (Å²) < 4.78 is 40.2. The fourth-order valence-corrected chi connectivity index (χ4v) is 6.48. The van der Waals surface area contributed by atoms with Gasteiger partial charge in [-0.15, -0.1) is 0 Å². The molecular formula is C12H7Br4IO4S. The first-order chi connectivity index (χ1) is 10.1. The van der Waals surface area contributed by atoms with Crippen LogP contribution in [0, 0.1) is 7.14 Å². The molecule has 0 saturated carbocycles. The monoisotopic (exact) mass is 690 g/mol. The molecule has 1 N–H and O–H groups in total. The van der Waals surface area contributed by atoms with Gasteiger partial charge < -0.3 is 4.55 Å². The van der Waals surface area contributed by atoms with Gasteiger partial charge in [0.15, 0.2) is 0 Å². The van der Waals surface area contributed by atoms with E-state index in [0.29, 0.717) is 0 Å². The van der Waals surface area contributed by atoms with Crippen LogP contribution in [-0.4, -0.2) is 17.5 Å². The van der Waals surface area contributed by atoms with Crippen LogP contribution in [0.25, 0.3) is 0 Å². The quantitative estimate of drug-likeness (QED) is 0.226. The summed E-state index contributed by atoms with van der Waals surface area (Å²) in [5.41, 5.74) is 0. The second kappa shape index (κ2) is 9.44. The Kier molecular flexibility index (Phi) is 9.02. The van der Waals surface area contributed by atoms with Crippen molar-refractivity contribution < 1.29 is 38.7 Å². The molecule has 0 aliphatic carbocycles. The Balaban J connectivity index is 0.000000422. The van der Waals surface area contributed by atoms with Crippen molar-refractivity contribution in [2.45, 2.75) is 0 Å². The molecule has 0 aromatic heterocycles. The lowest BCUT2D eigenvalue weighted by Crippen LogP contribution is -3.61.